The zero-order valence-corrected chi connectivity index (χ0v) is 6.16. The molecule has 0 atom stereocenters. The van der Waals surface area contributed by atoms with Gasteiger partial charge in [-0.05, 0) is 18.1 Å². The fraction of sp³-hybridized carbons (Fsp3) is 0.125. The topological polar surface area (TPSA) is 49.8 Å². The Balaban J connectivity index is 3.81. The Labute approximate surface area is 76.6 Å². The van der Waals surface area contributed by atoms with Gasteiger partial charge in [0.15, 0.2) is 0 Å². The van der Waals surface area contributed by atoms with Crippen LogP contribution in [0.5, 0.6) is 0 Å². The number of hydrogen-bond donors (Lipinski definition) is 1. The highest BCUT2D eigenvalue weighted by atomic mass is 19.4. The molecule has 5 heteroatoms. The molecule has 2 N–H and O–H groups in total. The summed E-state index contributed by atoms with van der Waals surface area (Å²) in [5, 5.41) is 8.52. The first-order valence-corrected chi connectivity index (χ1v) is 3.08. The van der Waals surface area contributed by atoms with Gasteiger partial charge in [-0.2, -0.15) is 18.4 Å². The summed E-state index contributed by atoms with van der Waals surface area (Å²) < 4.78 is 59.0. The standard InChI is InChI=1S/C8H5F3N2/c9-8(10,11)7-3-6(13)2-1-5(7)4-12/h1-3H,13H2/i1D,2D,3D. The fourth-order valence-corrected chi connectivity index (χ4v) is 0.717. The van der Waals surface area contributed by atoms with E-state index in [1.54, 1.807) is 0 Å². The highest BCUT2D eigenvalue weighted by molar-refractivity contribution is 5.50. The Morgan fingerprint density at radius 3 is 2.54 bits per heavy atom. The van der Waals surface area contributed by atoms with Crippen LogP contribution < -0.4 is 5.73 Å². The second-order valence-corrected chi connectivity index (χ2v) is 2.15. The van der Waals surface area contributed by atoms with Gasteiger partial charge >= 0.3 is 6.18 Å². The van der Waals surface area contributed by atoms with E-state index in [4.69, 9.17) is 15.1 Å². The lowest BCUT2D eigenvalue weighted by atomic mass is 10.1. The molecule has 1 aromatic carbocycles. The SMILES string of the molecule is [2H]c1c([2H])c(C#N)c(C(F)(F)F)c([2H])c1N. The van der Waals surface area contributed by atoms with Crippen molar-refractivity contribution in [3.63, 3.8) is 0 Å². The number of alkyl halides is 3. The van der Waals surface area contributed by atoms with Crippen LogP contribution in [0.4, 0.5) is 18.9 Å². The molecule has 0 fully saturated rings. The highest BCUT2D eigenvalue weighted by Crippen LogP contribution is 2.32. The summed E-state index contributed by atoms with van der Waals surface area (Å²) in [6.45, 7) is 0. The Morgan fingerprint density at radius 1 is 1.46 bits per heavy atom. The van der Waals surface area contributed by atoms with Crippen molar-refractivity contribution in [3.05, 3.63) is 29.3 Å². The summed E-state index contributed by atoms with van der Waals surface area (Å²) in [5.74, 6) is 0. The fourth-order valence-electron chi connectivity index (χ4n) is 0.717. The number of hydrogen-bond acceptors (Lipinski definition) is 2. The first-order chi connectivity index (χ1) is 7.21. The molecule has 0 bridgehead atoms. The molecule has 0 saturated heterocycles. The van der Waals surface area contributed by atoms with Gasteiger partial charge in [0, 0.05) is 5.69 Å². The lowest BCUT2D eigenvalue weighted by Crippen LogP contribution is -2.08. The summed E-state index contributed by atoms with van der Waals surface area (Å²) in [6, 6.07) is -1.61. The number of nitrogens with two attached hydrogens (primary N) is 1. The number of nitriles is 1. The van der Waals surface area contributed by atoms with Crippen LogP contribution in [-0.2, 0) is 6.18 Å². The molecule has 1 aromatic rings. The average Bonchev–Trinajstić information content (AvgIpc) is 2.18. The van der Waals surface area contributed by atoms with Gasteiger partial charge in [-0.15, -0.1) is 0 Å². The molecule has 68 valence electrons. The first-order valence-electron chi connectivity index (χ1n) is 4.58. The molecule has 0 spiro atoms. The summed E-state index contributed by atoms with van der Waals surface area (Å²) in [5.41, 5.74) is 1.74. The zero-order valence-electron chi connectivity index (χ0n) is 9.16. The van der Waals surface area contributed by atoms with Crippen molar-refractivity contribution in [2.45, 2.75) is 6.18 Å². The van der Waals surface area contributed by atoms with E-state index in [9.17, 15) is 13.2 Å². The monoisotopic (exact) mass is 189 g/mol. The lowest BCUT2D eigenvalue weighted by molar-refractivity contribution is -0.137. The third-order valence-electron chi connectivity index (χ3n) is 1.23. The molecule has 0 unspecified atom stereocenters. The summed E-state index contributed by atoms with van der Waals surface area (Å²) >= 11 is 0. The maximum atomic E-state index is 12.5. The van der Waals surface area contributed by atoms with Gasteiger partial charge in [-0.3, -0.25) is 0 Å². The molecule has 0 heterocycles. The largest absolute Gasteiger partial charge is 0.417 e. The van der Waals surface area contributed by atoms with Gasteiger partial charge in [-0.1, -0.05) is 0 Å². The van der Waals surface area contributed by atoms with E-state index in [1.807, 2.05) is 0 Å². The molecule has 0 saturated carbocycles. The first kappa shape index (κ1) is 5.86. The quantitative estimate of drug-likeness (QED) is 0.635. The lowest BCUT2D eigenvalue weighted by Gasteiger charge is -2.08. The predicted octanol–water partition coefficient (Wildman–Crippen LogP) is 2.16. The van der Waals surface area contributed by atoms with E-state index in [0.29, 0.717) is 0 Å². The van der Waals surface area contributed by atoms with Gasteiger partial charge in [0.2, 0.25) is 0 Å². The van der Waals surface area contributed by atoms with Crippen molar-refractivity contribution in [2.75, 3.05) is 5.73 Å². The van der Waals surface area contributed by atoms with E-state index in [0.717, 1.165) is 0 Å². The molecular formula is C8H5F3N2. The number of anilines is 1. The van der Waals surface area contributed by atoms with Crippen molar-refractivity contribution in [1.82, 2.24) is 0 Å². The second kappa shape index (κ2) is 2.98. The molecule has 0 radical (unpaired) electrons. The molecule has 0 aliphatic heterocycles. The maximum absolute atomic E-state index is 12.5. The van der Waals surface area contributed by atoms with E-state index < -0.39 is 41.1 Å². The number of nitrogens with zero attached hydrogens (tertiary/aromatic N) is 1. The normalized spacial score (nSPS) is 14.2. The van der Waals surface area contributed by atoms with E-state index >= 15 is 0 Å². The smallest absolute Gasteiger partial charge is 0.399 e. The predicted molar refractivity (Wildman–Crippen MR) is 40.6 cm³/mol. The molecule has 13 heavy (non-hydrogen) atoms. The summed E-state index contributed by atoms with van der Waals surface area (Å²) in [4.78, 5) is 0. The van der Waals surface area contributed by atoms with Crippen LogP contribution in [0.1, 0.15) is 15.2 Å². The molecule has 0 aromatic heterocycles. The van der Waals surface area contributed by atoms with Crippen LogP contribution in [0.3, 0.4) is 0 Å². The van der Waals surface area contributed by atoms with Crippen LogP contribution in [0.2, 0.25) is 0 Å². The van der Waals surface area contributed by atoms with Crippen LogP contribution >= 0.6 is 0 Å². The third-order valence-corrected chi connectivity index (χ3v) is 1.23. The van der Waals surface area contributed by atoms with Gasteiger partial charge in [0.1, 0.15) is 0 Å². The van der Waals surface area contributed by atoms with Gasteiger partial charge < -0.3 is 5.73 Å². The molecule has 0 amide bonds. The number of rotatable bonds is 0. The van der Waals surface area contributed by atoms with Gasteiger partial charge in [0.25, 0.3) is 0 Å². The molecule has 0 aliphatic rings. The van der Waals surface area contributed by atoms with Crippen molar-refractivity contribution >= 4 is 5.69 Å². The Morgan fingerprint density at radius 2 is 2.08 bits per heavy atom. The van der Waals surface area contributed by atoms with E-state index in [1.165, 1.54) is 6.07 Å². The minimum Gasteiger partial charge on any atom is -0.399 e. The maximum Gasteiger partial charge on any atom is 0.417 e. The molecule has 1 rings (SSSR count). The highest BCUT2D eigenvalue weighted by Gasteiger charge is 2.33. The van der Waals surface area contributed by atoms with E-state index in [-0.39, 0.29) is 0 Å². The average molecular weight is 189 g/mol. The van der Waals surface area contributed by atoms with Crippen molar-refractivity contribution < 1.29 is 17.3 Å². The molecule has 0 aliphatic carbocycles. The Hall–Kier alpha value is -1.70. The van der Waals surface area contributed by atoms with Crippen LogP contribution in [0.25, 0.3) is 0 Å². The van der Waals surface area contributed by atoms with Crippen LogP contribution in [0, 0.1) is 11.3 Å². The van der Waals surface area contributed by atoms with Gasteiger partial charge in [0.05, 0.1) is 21.3 Å². The Bertz CT molecular complexity index is 491. The Kier molecular flexibility index (Phi) is 1.34. The minimum atomic E-state index is -4.94. The third kappa shape index (κ3) is 1.90. The number of halogens is 3. The van der Waals surface area contributed by atoms with Crippen molar-refractivity contribution in [3.8, 4) is 6.07 Å². The molecule has 2 nitrogen and oxygen atoms in total. The minimum absolute atomic E-state index is 0.741. The van der Waals surface area contributed by atoms with E-state index in [2.05, 4.69) is 0 Å². The zero-order chi connectivity index (χ0) is 12.7. The summed E-state index contributed by atoms with van der Waals surface area (Å²) in [6.07, 6.45) is -4.94. The van der Waals surface area contributed by atoms with Crippen LogP contribution in [-0.4, -0.2) is 0 Å². The molecular weight excluding hydrogens is 181 g/mol. The number of benzene rings is 1. The summed E-state index contributed by atoms with van der Waals surface area (Å²) in [7, 11) is 0. The van der Waals surface area contributed by atoms with Gasteiger partial charge in [-0.25, -0.2) is 0 Å². The van der Waals surface area contributed by atoms with Crippen molar-refractivity contribution in [1.29, 1.82) is 5.26 Å². The van der Waals surface area contributed by atoms with Crippen molar-refractivity contribution in [2.24, 2.45) is 0 Å². The van der Waals surface area contributed by atoms with Crippen LogP contribution in [0.15, 0.2) is 18.1 Å². The number of nitrogen functional groups attached to an aromatic ring is 1. The second-order valence-electron chi connectivity index (χ2n) is 2.15.